The molecular formula is C8H8F6O3. The van der Waals surface area contributed by atoms with Gasteiger partial charge in [0.15, 0.2) is 0 Å². The molecule has 0 saturated heterocycles. The Balaban J connectivity index is 5.96. The Morgan fingerprint density at radius 3 is 1.18 bits per heavy atom. The van der Waals surface area contributed by atoms with Crippen molar-refractivity contribution in [2.24, 2.45) is 5.92 Å². The monoisotopic (exact) mass is 266 g/mol. The second-order valence-corrected chi connectivity index (χ2v) is 3.42. The van der Waals surface area contributed by atoms with Crippen molar-refractivity contribution in [1.82, 2.24) is 0 Å². The van der Waals surface area contributed by atoms with Crippen LogP contribution < -0.4 is 0 Å². The van der Waals surface area contributed by atoms with E-state index in [4.69, 9.17) is 5.11 Å². The normalized spacial score (nSPS) is 14.0. The first-order valence-electron chi connectivity index (χ1n) is 4.13. The van der Waals surface area contributed by atoms with E-state index in [1.807, 2.05) is 0 Å². The van der Waals surface area contributed by atoms with Gasteiger partial charge in [-0.3, -0.25) is 9.59 Å². The lowest BCUT2D eigenvalue weighted by Gasteiger charge is -2.36. The largest absolute Gasteiger partial charge is 0.427 e. The van der Waals surface area contributed by atoms with Crippen molar-refractivity contribution in [1.29, 1.82) is 0 Å². The fourth-order valence-electron chi connectivity index (χ4n) is 1.36. The highest BCUT2D eigenvalue weighted by Crippen LogP contribution is 2.48. The Morgan fingerprint density at radius 1 is 0.882 bits per heavy atom. The van der Waals surface area contributed by atoms with E-state index in [-0.39, 0.29) is 0 Å². The maximum atomic E-state index is 12.3. The van der Waals surface area contributed by atoms with E-state index in [2.05, 4.69) is 0 Å². The maximum Gasteiger partial charge on any atom is 0.427 e. The Labute approximate surface area is 91.4 Å². The first-order valence-corrected chi connectivity index (χ1v) is 4.13. The molecule has 0 unspecified atom stereocenters. The number of rotatable bonds is 3. The molecule has 100 valence electrons. The van der Waals surface area contributed by atoms with E-state index in [1.165, 1.54) is 0 Å². The number of Topliss-reactive ketones (excluding diaryl/α,β-unsaturated/α-hetero) is 2. The second kappa shape index (κ2) is 4.28. The third-order valence-electron chi connectivity index (χ3n) is 2.10. The quantitative estimate of drug-likeness (QED) is 0.624. The Bertz CT molecular complexity index is 301. The highest BCUT2D eigenvalue weighted by atomic mass is 19.4. The van der Waals surface area contributed by atoms with E-state index in [1.54, 1.807) is 0 Å². The van der Waals surface area contributed by atoms with Crippen LogP contribution in [-0.4, -0.2) is 34.6 Å². The number of carbonyl (C=O) groups is 2. The predicted octanol–water partition coefficient (Wildman–Crippen LogP) is 1.64. The van der Waals surface area contributed by atoms with Gasteiger partial charge in [0.1, 0.15) is 17.5 Å². The zero-order valence-corrected chi connectivity index (χ0v) is 8.61. The zero-order valence-electron chi connectivity index (χ0n) is 8.61. The van der Waals surface area contributed by atoms with Crippen molar-refractivity contribution in [2.75, 3.05) is 0 Å². The van der Waals surface area contributed by atoms with Gasteiger partial charge in [-0.2, -0.15) is 26.3 Å². The minimum absolute atomic E-state index is 0.370. The summed E-state index contributed by atoms with van der Waals surface area (Å²) < 4.78 is 73.8. The van der Waals surface area contributed by atoms with Gasteiger partial charge < -0.3 is 5.11 Å². The average molecular weight is 266 g/mol. The van der Waals surface area contributed by atoms with Gasteiger partial charge in [0.25, 0.3) is 5.60 Å². The predicted molar refractivity (Wildman–Crippen MR) is 41.9 cm³/mol. The van der Waals surface area contributed by atoms with Gasteiger partial charge in [0, 0.05) is 0 Å². The molecule has 17 heavy (non-hydrogen) atoms. The average Bonchev–Trinajstić information content (AvgIpc) is 1.97. The fourth-order valence-corrected chi connectivity index (χ4v) is 1.36. The summed E-state index contributed by atoms with van der Waals surface area (Å²) >= 11 is 0. The van der Waals surface area contributed by atoms with Crippen LogP contribution in [0.1, 0.15) is 13.8 Å². The van der Waals surface area contributed by atoms with Crippen molar-refractivity contribution in [3.05, 3.63) is 0 Å². The molecule has 0 aliphatic heterocycles. The molecule has 0 atom stereocenters. The summed E-state index contributed by atoms with van der Waals surface area (Å²) in [6, 6.07) is 0. The molecule has 0 amide bonds. The first-order chi connectivity index (χ1) is 7.26. The molecule has 0 saturated carbocycles. The third-order valence-corrected chi connectivity index (χ3v) is 2.10. The minimum atomic E-state index is -6.19. The number of carbonyl (C=O) groups excluding carboxylic acids is 2. The number of alkyl halides is 6. The number of ketones is 2. The SMILES string of the molecule is CC(=O)C(C(C)=O)C(O)(C(F)(F)F)C(F)(F)F. The minimum Gasteiger partial charge on any atom is -0.373 e. The molecule has 0 aromatic heterocycles. The molecule has 0 bridgehead atoms. The van der Waals surface area contributed by atoms with Crippen LogP contribution >= 0.6 is 0 Å². The van der Waals surface area contributed by atoms with E-state index < -0.39 is 35.4 Å². The van der Waals surface area contributed by atoms with Gasteiger partial charge in [-0.05, 0) is 13.8 Å². The van der Waals surface area contributed by atoms with Gasteiger partial charge >= 0.3 is 12.4 Å². The van der Waals surface area contributed by atoms with Gasteiger partial charge in [-0.15, -0.1) is 0 Å². The van der Waals surface area contributed by atoms with Crippen LogP contribution in [0, 0.1) is 5.92 Å². The van der Waals surface area contributed by atoms with Crippen molar-refractivity contribution in [3.63, 3.8) is 0 Å². The molecule has 0 heterocycles. The lowest BCUT2D eigenvalue weighted by atomic mass is 9.80. The highest BCUT2D eigenvalue weighted by molar-refractivity contribution is 6.01. The second-order valence-electron chi connectivity index (χ2n) is 3.42. The molecule has 0 rings (SSSR count). The van der Waals surface area contributed by atoms with Gasteiger partial charge in [0.05, 0.1) is 0 Å². The van der Waals surface area contributed by atoms with E-state index in [0.29, 0.717) is 13.8 Å². The Morgan fingerprint density at radius 2 is 1.12 bits per heavy atom. The molecular weight excluding hydrogens is 258 g/mol. The standard InChI is InChI=1S/C8H8F6O3/c1-3(15)5(4(2)16)6(17,7(9,10)11)8(12,13)14/h5,17H,1-2H3. The van der Waals surface area contributed by atoms with Crippen LogP contribution in [-0.2, 0) is 9.59 Å². The van der Waals surface area contributed by atoms with Gasteiger partial charge in [0.2, 0.25) is 0 Å². The Hall–Kier alpha value is -1.12. The maximum absolute atomic E-state index is 12.3. The fraction of sp³-hybridized carbons (Fsp3) is 0.750. The van der Waals surface area contributed by atoms with E-state index in [0.717, 1.165) is 0 Å². The topological polar surface area (TPSA) is 54.4 Å². The lowest BCUT2D eigenvalue weighted by Crippen LogP contribution is -2.64. The molecule has 9 heteroatoms. The molecule has 0 aromatic rings. The lowest BCUT2D eigenvalue weighted by molar-refractivity contribution is -0.376. The van der Waals surface area contributed by atoms with Crippen LogP contribution in [0.2, 0.25) is 0 Å². The summed E-state index contributed by atoms with van der Waals surface area (Å²) in [7, 11) is 0. The van der Waals surface area contributed by atoms with Crippen molar-refractivity contribution >= 4 is 11.6 Å². The smallest absolute Gasteiger partial charge is 0.373 e. The highest BCUT2D eigenvalue weighted by Gasteiger charge is 2.75. The number of hydrogen-bond donors (Lipinski definition) is 1. The molecule has 3 nitrogen and oxygen atoms in total. The third kappa shape index (κ3) is 2.59. The van der Waals surface area contributed by atoms with Gasteiger partial charge in [-0.1, -0.05) is 0 Å². The van der Waals surface area contributed by atoms with E-state index >= 15 is 0 Å². The summed E-state index contributed by atoms with van der Waals surface area (Å²) in [5, 5.41) is 8.79. The molecule has 0 radical (unpaired) electrons. The molecule has 0 spiro atoms. The molecule has 0 fully saturated rings. The summed E-state index contributed by atoms with van der Waals surface area (Å²) in [6.07, 6.45) is -12.4. The van der Waals surface area contributed by atoms with Gasteiger partial charge in [-0.25, -0.2) is 0 Å². The van der Waals surface area contributed by atoms with Crippen LogP contribution in [0.25, 0.3) is 0 Å². The van der Waals surface area contributed by atoms with Crippen molar-refractivity contribution in [3.8, 4) is 0 Å². The van der Waals surface area contributed by atoms with Crippen LogP contribution in [0.4, 0.5) is 26.3 Å². The number of aliphatic hydroxyl groups is 1. The van der Waals surface area contributed by atoms with Crippen molar-refractivity contribution in [2.45, 2.75) is 31.8 Å². The number of halogens is 6. The zero-order chi connectivity index (χ0) is 14.2. The van der Waals surface area contributed by atoms with Crippen LogP contribution in [0.5, 0.6) is 0 Å². The molecule has 1 N–H and O–H groups in total. The summed E-state index contributed by atoms with van der Waals surface area (Å²) in [5.74, 6) is -6.65. The number of hydrogen-bond acceptors (Lipinski definition) is 3. The summed E-state index contributed by atoms with van der Waals surface area (Å²) in [5.41, 5.74) is -5.36. The van der Waals surface area contributed by atoms with Crippen LogP contribution in [0.15, 0.2) is 0 Å². The first kappa shape index (κ1) is 15.9. The Kier molecular flexibility index (Phi) is 4.00. The summed E-state index contributed by atoms with van der Waals surface area (Å²) in [6.45, 7) is 0.739. The van der Waals surface area contributed by atoms with E-state index in [9.17, 15) is 35.9 Å². The molecule has 0 aromatic carbocycles. The summed E-state index contributed by atoms with van der Waals surface area (Å²) in [4.78, 5) is 21.5. The molecule has 0 aliphatic rings. The van der Waals surface area contributed by atoms with Crippen LogP contribution in [0.3, 0.4) is 0 Å². The molecule has 0 aliphatic carbocycles. The van der Waals surface area contributed by atoms with Crippen molar-refractivity contribution < 1.29 is 41.0 Å².